The van der Waals surface area contributed by atoms with Gasteiger partial charge in [0, 0.05) is 24.1 Å². The lowest BCUT2D eigenvalue weighted by Crippen LogP contribution is -2.47. The second-order valence-electron chi connectivity index (χ2n) is 4.93. The number of nitrogens with two attached hydrogens (primary N) is 1. The number of rotatable bonds is 5. The van der Waals surface area contributed by atoms with E-state index in [2.05, 4.69) is 12.2 Å². The van der Waals surface area contributed by atoms with Crippen LogP contribution in [0.5, 0.6) is 0 Å². The fourth-order valence-corrected chi connectivity index (χ4v) is 1.97. The Labute approximate surface area is 101 Å². The highest BCUT2D eigenvalue weighted by Gasteiger charge is 2.32. The van der Waals surface area contributed by atoms with Crippen molar-refractivity contribution in [1.82, 2.24) is 5.32 Å². The van der Waals surface area contributed by atoms with Gasteiger partial charge < -0.3 is 15.8 Å². The first-order valence-electron chi connectivity index (χ1n) is 5.77. The Hall–Kier alpha value is -1.39. The van der Waals surface area contributed by atoms with Gasteiger partial charge in [0.05, 0.1) is 13.2 Å². The van der Waals surface area contributed by atoms with Crippen molar-refractivity contribution in [1.29, 1.82) is 0 Å². The molecule has 0 unspecified atom stereocenters. The molecule has 1 aliphatic rings. The molecule has 4 heteroatoms. The van der Waals surface area contributed by atoms with Gasteiger partial charge in [-0.3, -0.25) is 4.79 Å². The van der Waals surface area contributed by atoms with Crippen molar-refractivity contribution in [2.24, 2.45) is 11.1 Å². The molecule has 0 radical (unpaired) electrons. The summed E-state index contributed by atoms with van der Waals surface area (Å²) >= 11 is 0. The van der Waals surface area contributed by atoms with Crippen LogP contribution in [-0.2, 0) is 11.3 Å². The third kappa shape index (κ3) is 2.84. The van der Waals surface area contributed by atoms with Gasteiger partial charge in [0.15, 0.2) is 0 Å². The van der Waals surface area contributed by atoms with Crippen LogP contribution < -0.4 is 11.1 Å². The molecule has 4 nitrogen and oxygen atoms in total. The fourth-order valence-electron chi connectivity index (χ4n) is 1.97. The van der Waals surface area contributed by atoms with Crippen molar-refractivity contribution in [2.75, 3.05) is 19.8 Å². The van der Waals surface area contributed by atoms with Gasteiger partial charge in [0.25, 0.3) is 0 Å². The fraction of sp³-hybridized carbons (Fsp3) is 0.462. The van der Waals surface area contributed by atoms with E-state index in [0.717, 1.165) is 25.3 Å². The van der Waals surface area contributed by atoms with Gasteiger partial charge in [-0.05, 0) is 11.6 Å². The molecule has 1 saturated heterocycles. The summed E-state index contributed by atoms with van der Waals surface area (Å²) < 4.78 is 5.19. The zero-order valence-electron chi connectivity index (χ0n) is 10.0. The normalized spacial score (nSPS) is 17.5. The van der Waals surface area contributed by atoms with Gasteiger partial charge in [-0.1, -0.05) is 25.1 Å². The number of hydrogen-bond acceptors (Lipinski definition) is 3. The molecule has 0 bridgehead atoms. The van der Waals surface area contributed by atoms with Gasteiger partial charge >= 0.3 is 0 Å². The summed E-state index contributed by atoms with van der Waals surface area (Å²) in [5, 5.41) is 3.35. The van der Waals surface area contributed by atoms with Crippen LogP contribution in [-0.4, -0.2) is 25.7 Å². The molecule has 1 aliphatic heterocycles. The number of primary amides is 1. The lowest BCUT2D eigenvalue weighted by molar-refractivity contribution is -0.0991. The highest BCUT2D eigenvalue weighted by Crippen LogP contribution is 2.25. The maximum Gasteiger partial charge on any atom is 0.249 e. The quantitative estimate of drug-likeness (QED) is 0.796. The van der Waals surface area contributed by atoms with Crippen LogP contribution in [0, 0.1) is 5.41 Å². The summed E-state index contributed by atoms with van der Waals surface area (Å²) in [6, 6.07) is 7.42. The highest BCUT2D eigenvalue weighted by molar-refractivity contribution is 5.94. The molecule has 1 fully saturated rings. The number of nitrogens with one attached hydrogen (secondary N) is 1. The van der Waals surface area contributed by atoms with Crippen molar-refractivity contribution < 1.29 is 9.53 Å². The number of carbonyl (C=O) groups is 1. The predicted molar refractivity (Wildman–Crippen MR) is 65.6 cm³/mol. The van der Waals surface area contributed by atoms with Crippen LogP contribution in [0.4, 0.5) is 0 Å². The Bertz CT molecular complexity index is 414. The number of amides is 1. The lowest BCUT2D eigenvalue weighted by atomic mass is 9.88. The lowest BCUT2D eigenvalue weighted by Gasteiger charge is -2.38. The molecule has 0 aromatic heterocycles. The van der Waals surface area contributed by atoms with E-state index in [1.165, 1.54) is 0 Å². The summed E-state index contributed by atoms with van der Waals surface area (Å²) in [6.45, 7) is 5.34. The SMILES string of the molecule is CC1(CNCc2ccccc2C(N)=O)COC1. The summed E-state index contributed by atoms with van der Waals surface area (Å²) in [5.41, 5.74) is 7.10. The van der Waals surface area contributed by atoms with Gasteiger partial charge in [-0.25, -0.2) is 0 Å². The van der Waals surface area contributed by atoms with Gasteiger partial charge in [0.1, 0.15) is 0 Å². The van der Waals surface area contributed by atoms with Crippen molar-refractivity contribution in [2.45, 2.75) is 13.5 Å². The first kappa shape index (κ1) is 12.1. The predicted octanol–water partition coefficient (Wildman–Crippen LogP) is 0.912. The summed E-state index contributed by atoms with van der Waals surface area (Å²) in [4.78, 5) is 11.2. The molecular weight excluding hydrogens is 216 g/mol. The molecule has 1 heterocycles. The Morgan fingerprint density at radius 2 is 2.18 bits per heavy atom. The van der Waals surface area contributed by atoms with Crippen molar-refractivity contribution in [3.8, 4) is 0 Å². The van der Waals surface area contributed by atoms with Gasteiger partial charge in [-0.15, -0.1) is 0 Å². The van der Waals surface area contributed by atoms with E-state index in [-0.39, 0.29) is 11.3 Å². The molecular formula is C13H18N2O2. The third-order valence-electron chi connectivity index (χ3n) is 3.05. The maximum absolute atomic E-state index is 11.2. The van der Waals surface area contributed by atoms with Crippen LogP contribution in [0.25, 0.3) is 0 Å². The minimum Gasteiger partial charge on any atom is -0.380 e. The Balaban J connectivity index is 1.92. The number of hydrogen-bond donors (Lipinski definition) is 2. The van der Waals surface area contributed by atoms with E-state index in [4.69, 9.17) is 10.5 Å². The average molecular weight is 234 g/mol. The highest BCUT2D eigenvalue weighted by atomic mass is 16.5. The van der Waals surface area contributed by atoms with E-state index in [1.54, 1.807) is 6.07 Å². The van der Waals surface area contributed by atoms with E-state index in [1.807, 2.05) is 18.2 Å². The minimum absolute atomic E-state index is 0.238. The van der Waals surface area contributed by atoms with Crippen LogP contribution in [0.1, 0.15) is 22.8 Å². The molecule has 2 rings (SSSR count). The third-order valence-corrected chi connectivity index (χ3v) is 3.05. The number of carbonyl (C=O) groups excluding carboxylic acids is 1. The van der Waals surface area contributed by atoms with Crippen molar-refractivity contribution >= 4 is 5.91 Å². The smallest absolute Gasteiger partial charge is 0.249 e. The molecule has 1 aromatic carbocycles. The molecule has 3 N–H and O–H groups in total. The Morgan fingerprint density at radius 3 is 2.76 bits per heavy atom. The molecule has 92 valence electrons. The van der Waals surface area contributed by atoms with Crippen molar-refractivity contribution in [3.63, 3.8) is 0 Å². The second kappa shape index (κ2) is 4.85. The van der Waals surface area contributed by atoms with Crippen LogP contribution in [0.2, 0.25) is 0 Å². The Morgan fingerprint density at radius 1 is 1.47 bits per heavy atom. The summed E-state index contributed by atoms with van der Waals surface area (Å²) in [5.74, 6) is -0.374. The summed E-state index contributed by atoms with van der Waals surface area (Å²) in [6.07, 6.45) is 0. The first-order chi connectivity index (χ1) is 8.11. The molecule has 0 atom stereocenters. The van der Waals surface area contributed by atoms with Crippen molar-refractivity contribution in [3.05, 3.63) is 35.4 Å². The largest absolute Gasteiger partial charge is 0.380 e. The van der Waals surface area contributed by atoms with Crippen LogP contribution in [0.3, 0.4) is 0 Å². The molecule has 0 aliphatic carbocycles. The standard InChI is InChI=1S/C13H18N2O2/c1-13(8-17-9-13)7-15-6-10-4-2-3-5-11(10)12(14)16/h2-5,15H,6-9H2,1H3,(H2,14,16). The zero-order valence-corrected chi connectivity index (χ0v) is 10.0. The topological polar surface area (TPSA) is 64.3 Å². The second-order valence-corrected chi connectivity index (χ2v) is 4.93. The van der Waals surface area contributed by atoms with E-state index < -0.39 is 0 Å². The monoisotopic (exact) mass is 234 g/mol. The van der Waals surface area contributed by atoms with Gasteiger partial charge in [-0.2, -0.15) is 0 Å². The van der Waals surface area contributed by atoms with Crippen LogP contribution in [0.15, 0.2) is 24.3 Å². The minimum atomic E-state index is -0.374. The molecule has 0 saturated carbocycles. The van der Waals surface area contributed by atoms with Crippen LogP contribution >= 0.6 is 0 Å². The van der Waals surface area contributed by atoms with E-state index in [9.17, 15) is 4.79 Å². The molecule has 1 aromatic rings. The molecule has 1 amide bonds. The maximum atomic E-state index is 11.2. The summed E-state index contributed by atoms with van der Waals surface area (Å²) in [7, 11) is 0. The first-order valence-corrected chi connectivity index (χ1v) is 5.77. The Kier molecular flexibility index (Phi) is 3.45. The zero-order chi connectivity index (χ0) is 12.3. The number of ether oxygens (including phenoxy) is 1. The average Bonchev–Trinajstić information content (AvgIpc) is 2.27. The van der Waals surface area contributed by atoms with E-state index >= 15 is 0 Å². The molecule has 17 heavy (non-hydrogen) atoms. The van der Waals surface area contributed by atoms with Gasteiger partial charge in [0.2, 0.25) is 5.91 Å². The van der Waals surface area contributed by atoms with E-state index in [0.29, 0.717) is 12.1 Å². The number of benzene rings is 1. The molecule has 0 spiro atoms.